The molecule has 1 atom stereocenters. The molecule has 112 valence electrons. The SMILES string of the molecule is COC(C)CNC(=O)c1sc2nc3c(cc2c1N)CCC3. The predicted molar refractivity (Wildman–Crippen MR) is 84.9 cm³/mol. The van der Waals surface area contributed by atoms with E-state index >= 15 is 0 Å². The van der Waals surface area contributed by atoms with Crippen molar-refractivity contribution in [2.45, 2.75) is 32.3 Å². The molecule has 2 aromatic rings. The molecule has 1 aliphatic rings. The summed E-state index contributed by atoms with van der Waals surface area (Å²) in [5, 5.41) is 3.76. The highest BCUT2D eigenvalue weighted by molar-refractivity contribution is 7.21. The van der Waals surface area contributed by atoms with Gasteiger partial charge in [-0.05, 0) is 37.8 Å². The molecule has 0 spiro atoms. The Morgan fingerprint density at radius 2 is 2.38 bits per heavy atom. The number of fused-ring (bicyclic) bond motifs is 2. The number of pyridine rings is 1. The molecule has 0 fully saturated rings. The van der Waals surface area contributed by atoms with Crippen LogP contribution in [0.5, 0.6) is 0 Å². The van der Waals surface area contributed by atoms with Crippen molar-refractivity contribution < 1.29 is 9.53 Å². The Labute approximate surface area is 127 Å². The summed E-state index contributed by atoms with van der Waals surface area (Å²) in [5.41, 5.74) is 9.12. The summed E-state index contributed by atoms with van der Waals surface area (Å²) in [6, 6.07) is 2.10. The third-order valence-corrected chi connectivity index (χ3v) is 5.02. The van der Waals surface area contributed by atoms with Gasteiger partial charge in [0.25, 0.3) is 5.91 Å². The second kappa shape index (κ2) is 5.61. The number of nitrogens with one attached hydrogen (secondary N) is 1. The maximum absolute atomic E-state index is 12.2. The van der Waals surface area contributed by atoms with E-state index in [4.69, 9.17) is 10.5 Å². The lowest BCUT2D eigenvalue weighted by Crippen LogP contribution is -2.31. The van der Waals surface area contributed by atoms with E-state index < -0.39 is 0 Å². The number of anilines is 1. The first-order valence-corrected chi connectivity index (χ1v) is 7.93. The van der Waals surface area contributed by atoms with E-state index in [1.54, 1.807) is 7.11 Å². The average molecular weight is 305 g/mol. The van der Waals surface area contributed by atoms with Crippen LogP contribution in [-0.4, -0.2) is 30.6 Å². The number of amides is 1. The minimum absolute atomic E-state index is 0.0218. The molecule has 3 N–H and O–H groups in total. The monoisotopic (exact) mass is 305 g/mol. The van der Waals surface area contributed by atoms with E-state index in [1.165, 1.54) is 16.9 Å². The van der Waals surface area contributed by atoms with Crippen LogP contribution in [0.3, 0.4) is 0 Å². The molecule has 21 heavy (non-hydrogen) atoms. The predicted octanol–water partition coefficient (Wildman–Crippen LogP) is 2.13. The fraction of sp³-hybridized carbons (Fsp3) is 0.467. The van der Waals surface area contributed by atoms with Crippen LogP contribution in [0.4, 0.5) is 5.69 Å². The van der Waals surface area contributed by atoms with Gasteiger partial charge in [-0.25, -0.2) is 4.98 Å². The maximum Gasteiger partial charge on any atom is 0.263 e. The van der Waals surface area contributed by atoms with Gasteiger partial charge in [0.1, 0.15) is 9.71 Å². The van der Waals surface area contributed by atoms with E-state index in [-0.39, 0.29) is 12.0 Å². The minimum atomic E-state index is -0.153. The number of nitrogens with two attached hydrogens (primary N) is 1. The number of aryl methyl sites for hydroxylation is 2. The van der Waals surface area contributed by atoms with Crippen molar-refractivity contribution in [1.29, 1.82) is 0 Å². The van der Waals surface area contributed by atoms with Gasteiger partial charge < -0.3 is 15.8 Å². The van der Waals surface area contributed by atoms with Gasteiger partial charge in [0.05, 0.1) is 11.8 Å². The van der Waals surface area contributed by atoms with Crippen LogP contribution in [-0.2, 0) is 17.6 Å². The van der Waals surface area contributed by atoms with Crippen LogP contribution in [0.1, 0.15) is 34.3 Å². The summed E-state index contributed by atoms with van der Waals surface area (Å²) in [5.74, 6) is -0.153. The lowest BCUT2D eigenvalue weighted by Gasteiger charge is -2.10. The van der Waals surface area contributed by atoms with Crippen molar-refractivity contribution in [2.24, 2.45) is 0 Å². The highest BCUT2D eigenvalue weighted by Crippen LogP contribution is 2.35. The standard InChI is InChI=1S/C15H19N3O2S/c1-8(20-2)7-17-14(19)13-12(16)10-6-9-4-3-5-11(9)18-15(10)21-13/h6,8H,3-5,7,16H2,1-2H3,(H,17,19). The fourth-order valence-corrected chi connectivity index (χ4v) is 3.58. The fourth-order valence-electron chi connectivity index (χ4n) is 2.57. The number of rotatable bonds is 4. The van der Waals surface area contributed by atoms with Crippen LogP contribution in [0.25, 0.3) is 10.2 Å². The Kier molecular flexibility index (Phi) is 3.82. The number of nitrogens with zero attached hydrogens (tertiary/aromatic N) is 1. The number of carbonyl (C=O) groups excluding carboxylic acids is 1. The topological polar surface area (TPSA) is 77.2 Å². The van der Waals surface area contributed by atoms with Crippen molar-refractivity contribution in [3.63, 3.8) is 0 Å². The second-order valence-corrected chi connectivity index (χ2v) is 6.40. The molecule has 1 unspecified atom stereocenters. The molecule has 0 aliphatic heterocycles. The molecular formula is C15H19N3O2S. The zero-order valence-electron chi connectivity index (χ0n) is 12.2. The highest BCUT2D eigenvalue weighted by Gasteiger charge is 2.21. The van der Waals surface area contributed by atoms with Crippen molar-refractivity contribution in [3.8, 4) is 0 Å². The summed E-state index contributed by atoms with van der Waals surface area (Å²) in [4.78, 5) is 18.3. The lowest BCUT2D eigenvalue weighted by molar-refractivity contribution is 0.0874. The number of nitrogen functional groups attached to an aromatic ring is 1. The normalized spacial score (nSPS) is 15.1. The average Bonchev–Trinajstić information content (AvgIpc) is 3.06. The molecule has 1 aliphatic carbocycles. The summed E-state index contributed by atoms with van der Waals surface area (Å²) < 4.78 is 5.12. The molecule has 3 rings (SSSR count). The number of aromatic nitrogens is 1. The summed E-state index contributed by atoms with van der Waals surface area (Å²) in [7, 11) is 1.62. The van der Waals surface area contributed by atoms with E-state index in [0.717, 1.165) is 35.2 Å². The third kappa shape index (κ3) is 2.61. The molecule has 0 saturated carbocycles. The molecule has 6 heteroatoms. The van der Waals surface area contributed by atoms with Crippen LogP contribution < -0.4 is 11.1 Å². The highest BCUT2D eigenvalue weighted by atomic mass is 32.1. The van der Waals surface area contributed by atoms with Gasteiger partial charge in [-0.2, -0.15) is 0 Å². The van der Waals surface area contributed by atoms with Gasteiger partial charge in [-0.3, -0.25) is 4.79 Å². The smallest absolute Gasteiger partial charge is 0.263 e. The van der Waals surface area contributed by atoms with Gasteiger partial charge in [0.15, 0.2) is 0 Å². The molecule has 0 aromatic carbocycles. The van der Waals surface area contributed by atoms with E-state index in [9.17, 15) is 4.79 Å². The molecule has 0 saturated heterocycles. The van der Waals surface area contributed by atoms with Crippen molar-refractivity contribution in [2.75, 3.05) is 19.4 Å². The molecule has 2 aromatic heterocycles. The number of hydrogen-bond donors (Lipinski definition) is 2. The quantitative estimate of drug-likeness (QED) is 0.907. The summed E-state index contributed by atoms with van der Waals surface area (Å²) in [6.07, 6.45) is 3.21. The molecular weight excluding hydrogens is 286 g/mol. The lowest BCUT2D eigenvalue weighted by atomic mass is 10.1. The van der Waals surface area contributed by atoms with Gasteiger partial charge in [0, 0.05) is 24.7 Å². The summed E-state index contributed by atoms with van der Waals surface area (Å²) in [6.45, 7) is 2.37. The van der Waals surface area contributed by atoms with Gasteiger partial charge in [-0.1, -0.05) is 0 Å². The largest absolute Gasteiger partial charge is 0.397 e. The first kappa shape index (κ1) is 14.3. The summed E-state index contributed by atoms with van der Waals surface area (Å²) >= 11 is 1.37. The van der Waals surface area contributed by atoms with Crippen molar-refractivity contribution in [1.82, 2.24) is 10.3 Å². The second-order valence-electron chi connectivity index (χ2n) is 5.40. The van der Waals surface area contributed by atoms with Gasteiger partial charge in [-0.15, -0.1) is 11.3 Å². The molecule has 0 bridgehead atoms. The Hall–Kier alpha value is -1.66. The first-order valence-electron chi connectivity index (χ1n) is 7.12. The van der Waals surface area contributed by atoms with E-state index in [0.29, 0.717) is 17.1 Å². The number of methoxy groups -OCH3 is 1. The maximum atomic E-state index is 12.2. The molecule has 2 heterocycles. The van der Waals surface area contributed by atoms with Crippen LogP contribution in [0.2, 0.25) is 0 Å². The van der Waals surface area contributed by atoms with Crippen molar-refractivity contribution >= 4 is 33.1 Å². The molecule has 1 amide bonds. The van der Waals surface area contributed by atoms with Crippen LogP contribution in [0, 0.1) is 0 Å². The first-order chi connectivity index (χ1) is 10.1. The van der Waals surface area contributed by atoms with E-state index in [1.807, 2.05) is 6.92 Å². The Morgan fingerprint density at radius 3 is 3.14 bits per heavy atom. The number of hydrogen-bond acceptors (Lipinski definition) is 5. The van der Waals surface area contributed by atoms with Crippen molar-refractivity contribution in [3.05, 3.63) is 22.2 Å². The Morgan fingerprint density at radius 1 is 1.57 bits per heavy atom. The number of carbonyl (C=O) groups is 1. The van der Waals surface area contributed by atoms with Crippen LogP contribution >= 0.6 is 11.3 Å². The minimum Gasteiger partial charge on any atom is -0.397 e. The Balaban J connectivity index is 1.89. The van der Waals surface area contributed by atoms with Gasteiger partial charge >= 0.3 is 0 Å². The number of ether oxygens (including phenoxy) is 1. The zero-order valence-corrected chi connectivity index (χ0v) is 13.0. The molecule has 5 nitrogen and oxygen atoms in total. The van der Waals surface area contributed by atoms with E-state index in [2.05, 4.69) is 16.4 Å². The Bertz CT molecular complexity index is 696. The zero-order chi connectivity index (χ0) is 15.0. The number of thiophene rings is 1. The van der Waals surface area contributed by atoms with Crippen LogP contribution in [0.15, 0.2) is 6.07 Å². The third-order valence-electron chi connectivity index (χ3n) is 3.91. The molecule has 0 radical (unpaired) electrons. The van der Waals surface area contributed by atoms with Gasteiger partial charge in [0.2, 0.25) is 0 Å².